The number of hydrogen-bond donors (Lipinski definition) is 0. The van der Waals surface area contributed by atoms with Crippen LogP contribution in [-0.4, -0.2) is 98.8 Å². The third-order valence-electron chi connectivity index (χ3n) is 9.39. The van der Waals surface area contributed by atoms with Crippen molar-refractivity contribution >= 4 is 29.7 Å². The Morgan fingerprint density at radius 2 is 1.30 bits per heavy atom. The van der Waals surface area contributed by atoms with E-state index in [-0.39, 0.29) is 25.6 Å². The molecule has 14 nitrogen and oxygen atoms in total. The van der Waals surface area contributed by atoms with Gasteiger partial charge in [0.15, 0.2) is 24.8 Å². The van der Waals surface area contributed by atoms with Gasteiger partial charge in [0.2, 0.25) is 4.93 Å². The van der Waals surface area contributed by atoms with Crippen molar-refractivity contribution in [1.82, 2.24) is 0 Å². The maximum absolute atomic E-state index is 12.6. The summed E-state index contributed by atoms with van der Waals surface area (Å²) in [7, 11) is 1.33. The van der Waals surface area contributed by atoms with Gasteiger partial charge in [0.1, 0.15) is 43.2 Å². The average Bonchev–Trinajstić information content (AvgIpc) is 3.20. The molecule has 3 aliphatic rings. The standard InChI is InChI=1S/C41H45NO13S/c1-25(43)47-22-31-33(36(50-26(2)44)38(51-27(3)45)39(46-4)52-31)54-40-37(49-21-29-16-10-6-11-17-29)35(48-20-28-14-8-5-9-15-28)34-32(53-40)23-56-41(24-42,55-34)30-18-12-7-13-19-30/h5-19,31-40H,20-23H2,1-4H3/t31-,32-,33-,34-,35+,36+,37+,38-,39+,40-,41+/m1/s1. The SMILES string of the molecule is CO[C@H]1O[C@H](COC(C)=O)[C@@H](O[C@H]2O[C@@H]3CS[C@@](C#N)(c4ccccc4)O[C@H]3[C@H](OCc3ccccc3)[C@@H]2OCc2ccccc2)[C@H](OC(C)=O)[C@H]1OC(C)=O. The second kappa shape index (κ2) is 19.2. The van der Waals surface area contributed by atoms with Gasteiger partial charge in [-0.25, -0.2) is 0 Å². The molecule has 0 unspecified atom stereocenters. The molecule has 0 bridgehead atoms. The molecule has 3 fully saturated rings. The zero-order valence-electron chi connectivity index (χ0n) is 31.4. The summed E-state index contributed by atoms with van der Waals surface area (Å²) in [5, 5.41) is 10.6. The van der Waals surface area contributed by atoms with E-state index in [9.17, 15) is 19.6 Å². The number of fused-ring (bicyclic) bond motifs is 1. The fourth-order valence-electron chi connectivity index (χ4n) is 6.88. The molecular weight excluding hydrogens is 747 g/mol. The van der Waals surface area contributed by atoms with Gasteiger partial charge in [0.05, 0.1) is 19.3 Å². The fraction of sp³-hybridized carbons (Fsp3) is 0.463. The maximum atomic E-state index is 12.6. The summed E-state index contributed by atoms with van der Waals surface area (Å²) < 4.78 is 62.2. The first-order chi connectivity index (χ1) is 27.1. The topological polar surface area (TPSA) is 167 Å². The summed E-state index contributed by atoms with van der Waals surface area (Å²) >= 11 is 1.27. The lowest BCUT2D eigenvalue weighted by atomic mass is 9.95. The largest absolute Gasteiger partial charge is 0.463 e. The van der Waals surface area contributed by atoms with Crippen LogP contribution >= 0.6 is 11.8 Å². The van der Waals surface area contributed by atoms with Gasteiger partial charge in [-0.05, 0) is 11.1 Å². The summed E-state index contributed by atoms with van der Waals surface area (Å²) in [5.41, 5.74) is 2.38. The van der Waals surface area contributed by atoms with Crippen LogP contribution in [0, 0.1) is 11.3 Å². The minimum Gasteiger partial charge on any atom is -0.463 e. The van der Waals surface area contributed by atoms with Crippen LogP contribution in [0.4, 0.5) is 0 Å². The van der Waals surface area contributed by atoms with Gasteiger partial charge in [-0.1, -0.05) is 91.0 Å². The summed E-state index contributed by atoms with van der Waals surface area (Å²) in [6, 6.07) is 30.6. The maximum Gasteiger partial charge on any atom is 0.303 e. The van der Waals surface area contributed by atoms with E-state index in [1.54, 1.807) is 0 Å². The van der Waals surface area contributed by atoms with Crippen molar-refractivity contribution in [2.75, 3.05) is 19.5 Å². The van der Waals surface area contributed by atoms with Crippen LogP contribution in [0.1, 0.15) is 37.5 Å². The normalized spacial score (nSPS) is 31.3. The number of carbonyl (C=O) groups is 3. The van der Waals surface area contributed by atoms with Gasteiger partial charge < -0.3 is 47.4 Å². The van der Waals surface area contributed by atoms with Crippen LogP contribution in [-0.2, 0) is 79.9 Å². The number of nitrogens with zero attached hydrogens (tertiary/aromatic N) is 1. The molecule has 0 aromatic heterocycles. The first kappa shape index (κ1) is 41.3. The molecule has 3 saturated heterocycles. The van der Waals surface area contributed by atoms with Gasteiger partial charge >= 0.3 is 17.9 Å². The molecule has 3 aromatic rings. The lowest BCUT2D eigenvalue weighted by Gasteiger charge is -2.52. The molecule has 0 aliphatic carbocycles. The molecule has 3 aliphatic heterocycles. The average molecular weight is 792 g/mol. The second-order valence-corrected chi connectivity index (χ2v) is 14.6. The molecule has 0 spiro atoms. The third kappa shape index (κ3) is 9.95. The van der Waals surface area contributed by atoms with Crippen LogP contribution in [0.2, 0.25) is 0 Å². The Labute approximate surface area is 329 Å². The van der Waals surface area contributed by atoms with Crippen molar-refractivity contribution in [2.24, 2.45) is 0 Å². The van der Waals surface area contributed by atoms with Crippen molar-refractivity contribution < 1.29 is 61.8 Å². The number of carbonyl (C=O) groups excluding carboxylic acids is 3. The van der Waals surface area contributed by atoms with E-state index in [0.29, 0.717) is 5.56 Å². The smallest absolute Gasteiger partial charge is 0.303 e. The summed E-state index contributed by atoms with van der Waals surface area (Å²) in [4.78, 5) is 35.6. The number of esters is 3. The van der Waals surface area contributed by atoms with E-state index in [2.05, 4.69) is 6.07 Å². The number of hydrogen-bond acceptors (Lipinski definition) is 15. The molecule has 298 valence electrons. The fourth-order valence-corrected chi connectivity index (χ4v) is 8.10. The Morgan fingerprint density at radius 1 is 0.732 bits per heavy atom. The monoisotopic (exact) mass is 791 g/mol. The number of nitriles is 1. The summed E-state index contributed by atoms with van der Waals surface area (Å²) in [5.74, 6) is -1.71. The van der Waals surface area contributed by atoms with Crippen LogP contribution in [0.3, 0.4) is 0 Å². The first-order valence-electron chi connectivity index (χ1n) is 18.2. The number of rotatable bonds is 14. The highest BCUT2D eigenvalue weighted by atomic mass is 32.2. The van der Waals surface area contributed by atoms with Crippen molar-refractivity contribution in [2.45, 2.75) is 100 Å². The van der Waals surface area contributed by atoms with Gasteiger partial charge in [-0.2, -0.15) is 5.26 Å². The van der Waals surface area contributed by atoms with Gasteiger partial charge in [0.25, 0.3) is 0 Å². The lowest BCUT2D eigenvalue weighted by Crippen LogP contribution is -2.67. The molecule has 3 aromatic carbocycles. The number of methoxy groups -OCH3 is 1. The molecule has 0 saturated carbocycles. The Kier molecular flexibility index (Phi) is 14.1. The summed E-state index contributed by atoms with van der Waals surface area (Å²) in [6.45, 7) is 3.54. The Balaban J connectivity index is 1.41. The zero-order valence-corrected chi connectivity index (χ0v) is 32.2. The van der Waals surface area contributed by atoms with E-state index in [0.717, 1.165) is 11.1 Å². The van der Waals surface area contributed by atoms with E-state index in [1.165, 1.54) is 39.6 Å². The minimum absolute atomic E-state index is 0.0986. The van der Waals surface area contributed by atoms with Crippen molar-refractivity contribution in [1.29, 1.82) is 5.26 Å². The quantitative estimate of drug-likeness (QED) is 0.164. The molecule has 56 heavy (non-hydrogen) atoms. The molecule has 0 radical (unpaired) electrons. The van der Waals surface area contributed by atoms with Gasteiger partial charge in [-0.3, -0.25) is 14.4 Å². The highest BCUT2D eigenvalue weighted by Gasteiger charge is 2.58. The van der Waals surface area contributed by atoms with Gasteiger partial charge in [0, 0.05) is 39.2 Å². The van der Waals surface area contributed by atoms with Crippen molar-refractivity contribution in [3.05, 3.63) is 108 Å². The predicted molar refractivity (Wildman–Crippen MR) is 198 cm³/mol. The number of ether oxygens (including phenoxy) is 10. The highest BCUT2D eigenvalue weighted by Crippen LogP contribution is 2.48. The molecule has 6 rings (SSSR count). The van der Waals surface area contributed by atoms with Crippen LogP contribution in [0.15, 0.2) is 91.0 Å². The van der Waals surface area contributed by atoms with Crippen LogP contribution in [0.5, 0.6) is 0 Å². The Bertz CT molecular complexity index is 1800. The van der Waals surface area contributed by atoms with E-state index in [4.69, 9.17) is 47.4 Å². The summed E-state index contributed by atoms with van der Waals surface area (Å²) in [6.07, 6.45) is -11.0. The molecule has 0 amide bonds. The van der Waals surface area contributed by atoms with Crippen molar-refractivity contribution in [3.8, 4) is 6.07 Å². The molecule has 11 atom stereocenters. The zero-order chi connectivity index (χ0) is 39.7. The van der Waals surface area contributed by atoms with Crippen LogP contribution in [0.25, 0.3) is 0 Å². The lowest BCUT2D eigenvalue weighted by molar-refractivity contribution is -0.367. The predicted octanol–water partition coefficient (Wildman–Crippen LogP) is 4.57. The second-order valence-electron chi connectivity index (χ2n) is 13.4. The molecule has 3 heterocycles. The van der Waals surface area contributed by atoms with Gasteiger partial charge in [-0.15, -0.1) is 11.8 Å². The molecule has 0 N–H and O–H groups in total. The van der Waals surface area contributed by atoms with E-state index >= 15 is 0 Å². The van der Waals surface area contributed by atoms with E-state index in [1.807, 2.05) is 91.0 Å². The van der Waals surface area contributed by atoms with Crippen LogP contribution < -0.4 is 0 Å². The first-order valence-corrected chi connectivity index (χ1v) is 19.2. The Morgan fingerprint density at radius 3 is 1.86 bits per heavy atom. The van der Waals surface area contributed by atoms with E-state index < -0.39 is 84.3 Å². The molecule has 15 heteroatoms. The minimum atomic E-state index is -1.39. The van der Waals surface area contributed by atoms with Crippen molar-refractivity contribution in [3.63, 3.8) is 0 Å². The number of benzene rings is 3. The Hall–Kier alpha value is -4.37. The number of thioether (sulfide) groups is 1. The highest BCUT2D eigenvalue weighted by molar-refractivity contribution is 8.00. The molecular formula is C41H45NO13S. The third-order valence-corrected chi connectivity index (χ3v) is 10.7.